The maximum Gasteiger partial charge on any atom is 0.274 e. The molecular weight excluding hydrogens is 302 g/mol. The minimum absolute atomic E-state index is 0.0614. The van der Waals surface area contributed by atoms with E-state index in [1.165, 1.54) is 18.5 Å². The maximum atomic E-state index is 12.8. The normalized spacial score (nSPS) is 17.1. The van der Waals surface area contributed by atoms with Crippen molar-refractivity contribution in [3.05, 3.63) is 53.6 Å². The molecule has 120 valence electrons. The summed E-state index contributed by atoms with van der Waals surface area (Å²) in [7, 11) is 0. The first-order valence-electron chi connectivity index (χ1n) is 8.35. The molecule has 1 fully saturated rings. The minimum Gasteiger partial charge on any atom is -0.330 e. The Morgan fingerprint density at radius 1 is 1.12 bits per heavy atom. The second-order valence-electron chi connectivity index (χ2n) is 6.53. The van der Waals surface area contributed by atoms with Crippen LogP contribution in [0.5, 0.6) is 0 Å². The third kappa shape index (κ3) is 2.26. The average Bonchev–Trinajstić information content (AvgIpc) is 3.39. The molecule has 1 amide bonds. The summed E-state index contributed by atoms with van der Waals surface area (Å²) < 4.78 is 2.05. The standard InChI is InChI=1S/C18H17N5O/c24-18(17-10-19-14-3-1-2-4-15(14)20-17)22-7-8-23-13(11-22)9-16(21-23)12-5-6-12/h1-4,9-10,12H,5-8,11H2. The number of hydrogen-bond donors (Lipinski definition) is 0. The zero-order chi connectivity index (χ0) is 16.1. The van der Waals surface area contributed by atoms with Crippen LogP contribution in [0.2, 0.25) is 0 Å². The molecule has 2 aliphatic rings. The van der Waals surface area contributed by atoms with E-state index in [0.29, 0.717) is 24.7 Å². The van der Waals surface area contributed by atoms with Gasteiger partial charge in [-0.1, -0.05) is 12.1 Å². The molecule has 0 unspecified atom stereocenters. The van der Waals surface area contributed by atoms with Crippen molar-refractivity contribution in [3.8, 4) is 0 Å². The summed E-state index contributed by atoms with van der Waals surface area (Å²) in [5.74, 6) is 0.576. The molecule has 3 aromatic rings. The summed E-state index contributed by atoms with van der Waals surface area (Å²) in [5.41, 5.74) is 4.26. The third-order valence-corrected chi connectivity index (χ3v) is 4.77. The van der Waals surface area contributed by atoms with Crippen LogP contribution in [0.15, 0.2) is 36.5 Å². The van der Waals surface area contributed by atoms with E-state index in [1.54, 1.807) is 6.20 Å². The lowest BCUT2D eigenvalue weighted by Crippen LogP contribution is -2.38. The van der Waals surface area contributed by atoms with E-state index in [4.69, 9.17) is 0 Å². The van der Waals surface area contributed by atoms with E-state index in [9.17, 15) is 4.79 Å². The number of carbonyl (C=O) groups excluding carboxylic acids is 1. The lowest BCUT2D eigenvalue weighted by molar-refractivity contribution is 0.0700. The van der Waals surface area contributed by atoms with Crippen LogP contribution >= 0.6 is 0 Å². The molecule has 0 bridgehead atoms. The Hall–Kier alpha value is -2.76. The Bertz CT molecular complexity index is 943. The molecule has 0 N–H and O–H groups in total. The Kier molecular flexibility index (Phi) is 2.92. The van der Waals surface area contributed by atoms with Crippen LogP contribution in [0.25, 0.3) is 11.0 Å². The van der Waals surface area contributed by atoms with Crippen LogP contribution in [0, 0.1) is 0 Å². The van der Waals surface area contributed by atoms with Crippen LogP contribution in [-0.2, 0) is 13.1 Å². The smallest absolute Gasteiger partial charge is 0.274 e. The third-order valence-electron chi connectivity index (χ3n) is 4.77. The largest absolute Gasteiger partial charge is 0.330 e. The number of nitrogens with zero attached hydrogens (tertiary/aromatic N) is 5. The van der Waals surface area contributed by atoms with Gasteiger partial charge in [-0.05, 0) is 31.0 Å². The zero-order valence-corrected chi connectivity index (χ0v) is 13.2. The minimum atomic E-state index is -0.0614. The van der Waals surface area contributed by atoms with Gasteiger partial charge in [0.1, 0.15) is 5.69 Å². The van der Waals surface area contributed by atoms with Crippen LogP contribution in [0.3, 0.4) is 0 Å². The monoisotopic (exact) mass is 319 g/mol. The number of aromatic nitrogens is 4. The molecule has 1 aliphatic heterocycles. The van der Waals surface area contributed by atoms with Crippen molar-refractivity contribution in [3.63, 3.8) is 0 Å². The van der Waals surface area contributed by atoms with Crippen molar-refractivity contribution in [2.24, 2.45) is 0 Å². The molecule has 1 saturated carbocycles. The summed E-state index contributed by atoms with van der Waals surface area (Å²) in [6, 6.07) is 9.76. The van der Waals surface area contributed by atoms with Gasteiger partial charge in [-0.25, -0.2) is 4.98 Å². The molecule has 0 atom stereocenters. The molecule has 0 saturated heterocycles. The summed E-state index contributed by atoms with van der Waals surface area (Å²) in [6.45, 7) is 1.99. The molecule has 2 aromatic heterocycles. The second kappa shape index (κ2) is 5.12. The Labute approximate surface area is 139 Å². The first-order chi connectivity index (χ1) is 11.8. The highest BCUT2D eigenvalue weighted by Crippen LogP contribution is 2.39. The van der Waals surface area contributed by atoms with Gasteiger partial charge in [-0.3, -0.25) is 14.5 Å². The summed E-state index contributed by atoms with van der Waals surface area (Å²) >= 11 is 0. The van der Waals surface area contributed by atoms with Crippen LogP contribution in [0.4, 0.5) is 0 Å². The van der Waals surface area contributed by atoms with Gasteiger partial charge in [0, 0.05) is 12.5 Å². The van der Waals surface area contributed by atoms with Gasteiger partial charge in [0.25, 0.3) is 5.91 Å². The number of para-hydroxylation sites is 2. The van der Waals surface area contributed by atoms with Crippen molar-refractivity contribution in [2.75, 3.05) is 6.54 Å². The quantitative estimate of drug-likeness (QED) is 0.727. The molecule has 1 aromatic carbocycles. The maximum absolute atomic E-state index is 12.8. The molecule has 0 spiro atoms. The van der Waals surface area contributed by atoms with Crippen molar-refractivity contribution >= 4 is 16.9 Å². The number of rotatable bonds is 2. The van der Waals surface area contributed by atoms with Crippen molar-refractivity contribution in [1.29, 1.82) is 0 Å². The highest BCUT2D eigenvalue weighted by atomic mass is 16.2. The Morgan fingerprint density at radius 2 is 1.96 bits per heavy atom. The summed E-state index contributed by atoms with van der Waals surface area (Å²) in [4.78, 5) is 23.5. The molecule has 24 heavy (non-hydrogen) atoms. The molecule has 5 rings (SSSR count). The Morgan fingerprint density at radius 3 is 2.79 bits per heavy atom. The van der Waals surface area contributed by atoms with Gasteiger partial charge in [-0.2, -0.15) is 5.10 Å². The zero-order valence-electron chi connectivity index (χ0n) is 13.2. The lowest BCUT2D eigenvalue weighted by Gasteiger charge is -2.27. The molecule has 6 nitrogen and oxygen atoms in total. The number of carbonyl (C=O) groups is 1. The number of fused-ring (bicyclic) bond motifs is 2. The second-order valence-corrected chi connectivity index (χ2v) is 6.53. The summed E-state index contributed by atoms with van der Waals surface area (Å²) in [6.07, 6.45) is 4.06. The number of amides is 1. The fourth-order valence-electron chi connectivity index (χ4n) is 3.26. The summed E-state index contributed by atoms with van der Waals surface area (Å²) in [5, 5.41) is 4.67. The first kappa shape index (κ1) is 13.7. The predicted octanol–water partition coefficient (Wildman–Crippen LogP) is 2.36. The van der Waals surface area contributed by atoms with Gasteiger partial charge >= 0.3 is 0 Å². The van der Waals surface area contributed by atoms with Gasteiger partial charge in [0.2, 0.25) is 0 Å². The van der Waals surface area contributed by atoms with E-state index in [1.807, 2.05) is 33.8 Å². The molecular formula is C18H17N5O. The van der Waals surface area contributed by atoms with E-state index >= 15 is 0 Å². The fraction of sp³-hybridized carbons (Fsp3) is 0.333. The van der Waals surface area contributed by atoms with Crippen LogP contribution in [-0.4, -0.2) is 37.1 Å². The first-order valence-corrected chi connectivity index (χ1v) is 8.35. The van der Waals surface area contributed by atoms with Crippen molar-refractivity contribution in [1.82, 2.24) is 24.6 Å². The van der Waals surface area contributed by atoms with E-state index < -0.39 is 0 Å². The molecule has 0 radical (unpaired) electrons. The van der Waals surface area contributed by atoms with E-state index in [-0.39, 0.29) is 5.91 Å². The Balaban J connectivity index is 1.41. The fourth-order valence-corrected chi connectivity index (χ4v) is 3.26. The van der Waals surface area contributed by atoms with Crippen LogP contribution < -0.4 is 0 Å². The topological polar surface area (TPSA) is 63.9 Å². The van der Waals surface area contributed by atoms with Crippen LogP contribution in [0.1, 0.15) is 40.6 Å². The average molecular weight is 319 g/mol. The number of benzene rings is 1. The highest BCUT2D eigenvalue weighted by molar-refractivity contribution is 5.93. The van der Waals surface area contributed by atoms with Gasteiger partial charge < -0.3 is 4.90 Å². The van der Waals surface area contributed by atoms with E-state index in [2.05, 4.69) is 21.1 Å². The molecule has 3 heterocycles. The lowest BCUT2D eigenvalue weighted by atomic mass is 10.2. The van der Waals surface area contributed by atoms with Gasteiger partial charge in [0.15, 0.2) is 0 Å². The highest BCUT2D eigenvalue weighted by Gasteiger charge is 2.30. The van der Waals surface area contributed by atoms with Crippen molar-refractivity contribution in [2.45, 2.75) is 31.8 Å². The van der Waals surface area contributed by atoms with Crippen molar-refractivity contribution < 1.29 is 4.79 Å². The predicted molar refractivity (Wildman–Crippen MR) is 88.5 cm³/mol. The SMILES string of the molecule is O=C(c1cnc2ccccc2n1)N1CCn2nc(C3CC3)cc2C1. The molecule has 6 heteroatoms. The van der Waals surface area contributed by atoms with Gasteiger partial charge in [-0.15, -0.1) is 0 Å². The molecule has 1 aliphatic carbocycles. The number of hydrogen-bond acceptors (Lipinski definition) is 4. The van der Waals surface area contributed by atoms with E-state index in [0.717, 1.165) is 23.3 Å². The van der Waals surface area contributed by atoms with Gasteiger partial charge in [0.05, 0.1) is 41.7 Å².